The van der Waals surface area contributed by atoms with Gasteiger partial charge in [-0.3, -0.25) is 32.0 Å². The summed E-state index contributed by atoms with van der Waals surface area (Å²) < 4.78 is 79.8. The molecule has 4 aromatic rings. The fourth-order valence-electron chi connectivity index (χ4n) is 5.20. The highest BCUT2D eigenvalue weighted by Gasteiger charge is 2.52. The second-order valence-corrected chi connectivity index (χ2v) is 16.6. The van der Waals surface area contributed by atoms with E-state index in [0.29, 0.717) is 4.70 Å². The Labute approximate surface area is 259 Å². The molecule has 9 atom stereocenters. The van der Waals surface area contributed by atoms with E-state index < -0.39 is 68.1 Å². The van der Waals surface area contributed by atoms with Crippen LogP contribution in [-0.2, 0) is 36.7 Å². The third-order valence-corrected chi connectivity index (χ3v) is 11.3. The molecule has 18 nitrogen and oxygen atoms in total. The lowest BCUT2D eigenvalue weighted by Gasteiger charge is -2.26. The zero-order chi connectivity index (χ0) is 31.0. The van der Waals surface area contributed by atoms with Crippen LogP contribution in [-0.4, -0.2) is 77.9 Å². The Bertz CT molecular complexity index is 1910. The molecule has 5 unspecified atom stereocenters. The molecule has 24 heteroatoms. The molecule has 7 rings (SSSR count). The summed E-state index contributed by atoms with van der Waals surface area (Å²) in [7, 11) is 0. The van der Waals surface area contributed by atoms with Gasteiger partial charge in [0.1, 0.15) is 47.0 Å². The van der Waals surface area contributed by atoms with Crippen molar-refractivity contribution >= 4 is 82.6 Å². The standard InChI is InChI=1S/C20H22FN9O9P2S3/c21-10-12-9(37-19(10)29-6-28-11-14(22)24-4-26-16(11)29)3-35-40(32,42)38-8-1-7(2-34-41(33,43)39-12)36-18(8)30-17-13(44-20(30)31)15(23)25-5-27-17/h4-10,12,18-19H,1-3H2,(H,32,42)(H,33,43)(H2,22,24,26)(H2,23,25,27)/t7?,8-,9?,10-,12?,18-,19-,40?,41?/m1/s1. The molecule has 0 saturated carbocycles. The number of rotatable bonds is 2. The minimum atomic E-state index is -4.28. The van der Waals surface area contributed by atoms with Crippen LogP contribution >= 0.6 is 49.4 Å². The van der Waals surface area contributed by atoms with E-state index in [2.05, 4.69) is 49.4 Å². The molecule has 3 aliphatic heterocycles. The average Bonchev–Trinajstić information content (AvgIpc) is 3.71. The summed E-state index contributed by atoms with van der Waals surface area (Å²) in [6, 6.07) is 0. The first kappa shape index (κ1) is 30.4. The number of fused-ring (bicyclic) bond motifs is 5. The van der Waals surface area contributed by atoms with E-state index in [1.807, 2.05) is 0 Å². The number of hydrogen-bond acceptors (Lipinski definition) is 17. The van der Waals surface area contributed by atoms with Crippen molar-refractivity contribution in [1.29, 1.82) is 0 Å². The molecule has 0 aliphatic carbocycles. The van der Waals surface area contributed by atoms with Gasteiger partial charge in [0.2, 0.25) is 0 Å². The van der Waals surface area contributed by atoms with E-state index >= 15 is 4.39 Å². The Hall–Kier alpha value is -2.23. The van der Waals surface area contributed by atoms with Gasteiger partial charge in [0.05, 0.1) is 25.6 Å². The molecular weight excluding hydrogens is 687 g/mol. The quantitative estimate of drug-likeness (QED) is 0.173. The predicted octanol–water partition coefficient (Wildman–Crippen LogP) is 2.27. The maximum atomic E-state index is 16.0. The smallest absolute Gasteiger partial charge is 0.382 e. The molecule has 0 radical (unpaired) electrons. The monoisotopic (exact) mass is 709 g/mol. The van der Waals surface area contributed by atoms with E-state index in [0.717, 1.165) is 11.3 Å². The zero-order valence-corrected chi connectivity index (χ0v) is 26.3. The first-order chi connectivity index (χ1) is 20.9. The molecule has 4 aromatic heterocycles. The Morgan fingerprint density at radius 2 is 1.61 bits per heavy atom. The van der Waals surface area contributed by atoms with Gasteiger partial charge in [-0.25, -0.2) is 38.4 Å². The molecule has 3 aliphatic rings. The molecule has 4 N–H and O–H groups in total. The molecule has 7 heterocycles. The largest absolute Gasteiger partial charge is 0.386 e. The molecule has 3 saturated heterocycles. The van der Waals surface area contributed by atoms with Gasteiger partial charge in [-0.2, -0.15) is 0 Å². The summed E-state index contributed by atoms with van der Waals surface area (Å²) in [6.45, 7) is -9.51. The minimum Gasteiger partial charge on any atom is -0.382 e. The third kappa shape index (κ3) is 5.45. The number of nitrogens with zero attached hydrogens (tertiary/aromatic N) is 7. The zero-order valence-electron chi connectivity index (χ0n) is 21.9. The van der Waals surface area contributed by atoms with E-state index in [1.54, 1.807) is 0 Å². The highest BCUT2D eigenvalue weighted by atomic mass is 32.7. The number of nitrogen functional groups attached to an aromatic ring is 2. The number of alkyl halides is 1. The van der Waals surface area contributed by atoms with Crippen molar-refractivity contribution in [1.82, 2.24) is 34.1 Å². The molecule has 2 bridgehead atoms. The number of aromatic nitrogens is 7. The van der Waals surface area contributed by atoms with Gasteiger partial charge in [-0.05, 0) is 0 Å². The first-order valence-corrected chi connectivity index (χ1v) is 18.9. The first-order valence-electron chi connectivity index (χ1n) is 12.7. The second-order valence-electron chi connectivity index (χ2n) is 9.87. The van der Waals surface area contributed by atoms with Gasteiger partial charge in [0, 0.05) is 6.42 Å². The number of thiazole rings is 1. The van der Waals surface area contributed by atoms with Gasteiger partial charge in [0.25, 0.3) is 0 Å². The van der Waals surface area contributed by atoms with Crippen LogP contribution in [0.25, 0.3) is 21.5 Å². The lowest BCUT2D eigenvalue weighted by molar-refractivity contribution is -0.0565. The number of nitrogens with two attached hydrogens (primary N) is 2. The molecule has 0 aromatic carbocycles. The number of halogens is 1. The summed E-state index contributed by atoms with van der Waals surface area (Å²) in [6.07, 6.45) is -5.86. The Kier molecular flexibility index (Phi) is 7.77. The molecular formula is C20H22FN9O9P2S3. The molecule has 0 spiro atoms. The molecule has 3 fully saturated rings. The van der Waals surface area contributed by atoms with Crippen molar-refractivity contribution < 1.29 is 41.1 Å². The van der Waals surface area contributed by atoms with Crippen molar-refractivity contribution in [3.63, 3.8) is 0 Å². The fraction of sp³-hybridized carbons (Fsp3) is 0.500. The van der Waals surface area contributed by atoms with Crippen LogP contribution < -0.4 is 16.3 Å². The Balaban J connectivity index is 1.20. The van der Waals surface area contributed by atoms with Crippen LogP contribution in [0, 0.1) is 0 Å². The maximum absolute atomic E-state index is 16.0. The van der Waals surface area contributed by atoms with E-state index in [9.17, 15) is 13.9 Å². The minimum absolute atomic E-state index is 0.00738. The molecule has 44 heavy (non-hydrogen) atoms. The van der Waals surface area contributed by atoms with Crippen molar-refractivity contribution in [2.45, 2.75) is 49.5 Å². The SMILES string of the molecule is Nc1ncnc2c1ncn2[C@@H]1OC2COP(=O)(S)O[C@@H]3CC(COP(=O)(S)OC2[C@H]1F)O[C@H]3n1c(=O)sc2c(N)ncnc21. The lowest BCUT2D eigenvalue weighted by Crippen LogP contribution is -2.34. The third-order valence-electron chi connectivity index (χ3n) is 7.10. The second kappa shape index (κ2) is 11.2. The van der Waals surface area contributed by atoms with Crippen LogP contribution in [0.3, 0.4) is 0 Å². The van der Waals surface area contributed by atoms with Crippen LogP contribution in [0.15, 0.2) is 23.8 Å². The number of ether oxygens (including phenoxy) is 2. The van der Waals surface area contributed by atoms with Crippen molar-refractivity contribution in [2.24, 2.45) is 0 Å². The summed E-state index contributed by atoms with van der Waals surface area (Å²) in [5, 5.41) is 0. The summed E-state index contributed by atoms with van der Waals surface area (Å²) in [5.74, 6) is 0.148. The Morgan fingerprint density at radius 3 is 2.41 bits per heavy atom. The Morgan fingerprint density at radius 1 is 0.909 bits per heavy atom. The summed E-state index contributed by atoms with van der Waals surface area (Å²) in [4.78, 5) is 32.6. The topological polar surface area (TPSA) is 233 Å². The van der Waals surface area contributed by atoms with E-state index in [1.165, 1.54) is 28.1 Å². The number of anilines is 2. The van der Waals surface area contributed by atoms with Crippen LogP contribution in [0.4, 0.5) is 16.0 Å². The number of thiol groups is 2. The van der Waals surface area contributed by atoms with Gasteiger partial charge in [0.15, 0.2) is 35.7 Å². The van der Waals surface area contributed by atoms with Gasteiger partial charge < -0.3 is 20.9 Å². The summed E-state index contributed by atoms with van der Waals surface area (Å²) in [5.41, 5.74) is 12.3. The highest BCUT2D eigenvalue weighted by molar-refractivity contribution is 8.44. The number of imidazole rings is 1. The molecule has 236 valence electrons. The molecule has 0 amide bonds. The van der Waals surface area contributed by atoms with Crippen molar-refractivity contribution in [2.75, 3.05) is 24.7 Å². The van der Waals surface area contributed by atoms with Gasteiger partial charge in [-0.1, -0.05) is 35.8 Å². The highest BCUT2D eigenvalue weighted by Crippen LogP contribution is 2.60. The van der Waals surface area contributed by atoms with Crippen LogP contribution in [0.2, 0.25) is 0 Å². The number of hydrogen-bond donors (Lipinski definition) is 4. The summed E-state index contributed by atoms with van der Waals surface area (Å²) >= 11 is 8.94. The normalized spacial score (nSPS) is 36.6. The van der Waals surface area contributed by atoms with Gasteiger partial charge >= 0.3 is 18.5 Å². The predicted molar refractivity (Wildman–Crippen MR) is 158 cm³/mol. The maximum Gasteiger partial charge on any atom is 0.386 e. The average molecular weight is 710 g/mol. The fourth-order valence-corrected chi connectivity index (χ4v) is 9.06. The van der Waals surface area contributed by atoms with E-state index in [4.69, 9.17) is 39.0 Å². The van der Waals surface area contributed by atoms with E-state index in [-0.39, 0.29) is 41.5 Å². The lowest BCUT2D eigenvalue weighted by atomic mass is 10.1. The van der Waals surface area contributed by atoms with Gasteiger partial charge in [-0.15, -0.1) is 0 Å². The van der Waals surface area contributed by atoms with Crippen molar-refractivity contribution in [3.8, 4) is 0 Å². The van der Waals surface area contributed by atoms with Crippen LogP contribution in [0.5, 0.6) is 0 Å². The van der Waals surface area contributed by atoms with Crippen molar-refractivity contribution in [3.05, 3.63) is 28.6 Å². The van der Waals surface area contributed by atoms with Crippen LogP contribution in [0.1, 0.15) is 18.9 Å².